The molecule has 1 heterocycles. The Morgan fingerprint density at radius 3 is 2.50 bits per heavy atom. The zero-order valence-electron chi connectivity index (χ0n) is 14.8. The Kier molecular flexibility index (Phi) is 6.55. The van der Waals surface area contributed by atoms with Crippen molar-refractivity contribution in [2.24, 2.45) is 0 Å². The SMILES string of the molecule is Cc1ccc(NC(=O)C(C)OC(=O)c2ccc(OCC(F)(F)F)nc2)cc1F. The lowest BCUT2D eigenvalue weighted by molar-refractivity contribution is -0.154. The minimum atomic E-state index is -4.51. The van der Waals surface area contributed by atoms with Crippen molar-refractivity contribution in [1.29, 1.82) is 0 Å². The van der Waals surface area contributed by atoms with Crippen LogP contribution in [-0.4, -0.2) is 35.7 Å². The van der Waals surface area contributed by atoms with Gasteiger partial charge in [0, 0.05) is 18.0 Å². The Labute approximate surface area is 157 Å². The number of nitrogens with zero attached hydrogens (tertiary/aromatic N) is 1. The third kappa shape index (κ3) is 6.22. The van der Waals surface area contributed by atoms with E-state index in [4.69, 9.17) is 4.74 Å². The minimum Gasteiger partial charge on any atom is -0.468 e. The first-order valence-corrected chi connectivity index (χ1v) is 7.99. The van der Waals surface area contributed by atoms with Gasteiger partial charge in [0.25, 0.3) is 5.91 Å². The number of rotatable bonds is 6. The minimum absolute atomic E-state index is 0.0830. The number of carbonyl (C=O) groups is 2. The molecule has 2 aromatic rings. The number of aryl methyl sites for hydroxylation is 1. The standard InChI is InChI=1S/C18H16F4N2O4/c1-10-3-5-13(7-14(10)19)24-16(25)11(2)28-17(26)12-4-6-15(23-8-12)27-9-18(20,21)22/h3-8,11H,9H2,1-2H3,(H,24,25). The van der Waals surface area contributed by atoms with Crippen LogP contribution < -0.4 is 10.1 Å². The van der Waals surface area contributed by atoms with Crippen molar-refractivity contribution < 1.29 is 36.6 Å². The third-order valence-electron chi connectivity index (χ3n) is 3.45. The fourth-order valence-electron chi connectivity index (χ4n) is 1.94. The number of hydrogen-bond acceptors (Lipinski definition) is 5. The van der Waals surface area contributed by atoms with Gasteiger partial charge in [-0.15, -0.1) is 0 Å². The number of amides is 1. The Morgan fingerprint density at radius 2 is 1.93 bits per heavy atom. The Hall–Kier alpha value is -3.17. The third-order valence-corrected chi connectivity index (χ3v) is 3.45. The maximum atomic E-state index is 13.5. The lowest BCUT2D eigenvalue weighted by Gasteiger charge is -2.14. The maximum absolute atomic E-state index is 13.5. The van der Waals surface area contributed by atoms with E-state index in [0.717, 1.165) is 24.4 Å². The van der Waals surface area contributed by atoms with Gasteiger partial charge in [-0.3, -0.25) is 4.79 Å². The molecule has 0 fully saturated rings. The molecular weight excluding hydrogens is 384 g/mol. The van der Waals surface area contributed by atoms with Gasteiger partial charge in [0.2, 0.25) is 5.88 Å². The molecule has 0 radical (unpaired) electrons. The van der Waals surface area contributed by atoms with E-state index in [-0.39, 0.29) is 17.1 Å². The van der Waals surface area contributed by atoms with Crippen LogP contribution in [0.15, 0.2) is 36.5 Å². The van der Waals surface area contributed by atoms with Gasteiger partial charge in [-0.25, -0.2) is 14.2 Å². The smallest absolute Gasteiger partial charge is 0.422 e. The van der Waals surface area contributed by atoms with E-state index >= 15 is 0 Å². The Bertz CT molecular complexity index is 854. The fourth-order valence-corrected chi connectivity index (χ4v) is 1.94. The lowest BCUT2D eigenvalue weighted by Crippen LogP contribution is -2.30. The molecule has 0 aliphatic rings. The van der Waals surface area contributed by atoms with E-state index < -0.39 is 36.6 Å². The van der Waals surface area contributed by atoms with Crippen molar-refractivity contribution in [3.63, 3.8) is 0 Å². The maximum Gasteiger partial charge on any atom is 0.422 e. The summed E-state index contributed by atoms with van der Waals surface area (Å²) >= 11 is 0. The van der Waals surface area contributed by atoms with Gasteiger partial charge in [-0.2, -0.15) is 13.2 Å². The summed E-state index contributed by atoms with van der Waals surface area (Å²) in [7, 11) is 0. The summed E-state index contributed by atoms with van der Waals surface area (Å²) in [4.78, 5) is 27.6. The number of benzene rings is 1. The largest absolute Gasteiger partial charge is 0.468 e. The Balaban J connectivity index is 1.92. The molecule has 28 heavy (non-hydrogen) atoms. The summed E-state index contributed by atoms with van der Waals surface area (Å²) in [5, 5.41) is 2.41. The summed E-state index contributed by atoms with van der Waals surface area (Å²) in [6, 6.07) is 6.33. The molecule has 1 aromatic heterocycles. The summed E-state index contributed by atoms with van der Waals surface area (Å²) < 4.78 is 59.1. The second-order valence-corrected chi connectivity index (χ2v) is 5.79. The average Bonchev–Trinajstić information content (AvgIpc) is 2.62. The van der Waals surface area contributed by atoms with E-state index in [2.05, 4.69) is 15.0 Å². The molecule has 150 valence electrons. The first kappa shape index (κ1) is 21.1. The van der Waals surface area contributed by atoms with E-state index in [1.165, 1.54) is 19.1 Å². The molecule has 10 heteroatoms. The number of carbonyl (C=O) groups excluding carboxylic acids is 2. The molecule has 0 spiro atoms. The highest BCUT2D eigenvalue weighted by Crippen LogP contribution is 2.18. The molecule has 1 unspecified atom stereocenters. The van der Waals surface area contributed by atoms with Crippen molar-refractivity contribution in [1.82, 2.24) is 4.98 Å². The number of alkyl halides is 3. The molecule has 1 amide bonds. The van der Waals surface area contributed by atoms with Gasteiger partial charge in [-0.05, 0) is 37.6 Å². The number of aromatic nitrogens is 1. The second kappa shape index (κ2) is 8.68. The van der Waals surface area contributed by atoms with Crippen LogP contribution in [0.1, 0.15) is 22.8 Å². The molecule has 1 aromatic carbocycles. The van der Waals surface area contributed by atoms with Crippen molar-refractivity contribution >= 4 is 17.6 Å². The predicted molar refractivity (Wildman–Crippen MR) is 90.4 cm³/mol. The van der Waals surface area contributed by atoms with Crippen molar-refractivity contribution in [3.05, 3.63) is 53.5 Å². The summed E-state index contributed by atoms with van der Waals surface area (Å²) in [6.45, 7) is 1.37. The van der Waals surface area contributed by atoms with E-state index in [1.54, 1.807) is 6.92 Å². The molecule has 6 nitrogen and oxygen atoms in total. The first-order valence-electron chi connectivity index (χ1n) is 7.99. The number of hydrogen-bond donors (Lipinski definition) is 1. The van der Waals surface area contributed by atoms with Crippen LogP contribution in [0.3, 0.4) is 0 Å². The molecule has 0 saturated carbocycles. The van der Waals surface area contributed by atoms with Crippen LogP contribution in [0, 0.1) is 12.7 Å². The summed E-state index contributed by atoms with van der Waals surface area (Å²) in [5.74, 6) is -2.41. The predicted octanol–water partition coefficient (Wildman–Crippen LogP) is 3.65. The second-order valence-electron chi connectivity index (χ2n) is 5.79. The van der Waals surface area contributed by atoms with Crippen LogP contribution in [0.4, 0.5) is 23.2 Å². The van der Waals surface area contributed by atoms with Crippen LogP contribution in [0.5, 0.6) is 5.88 Å². The van der Waals surface area contributed by atoms with E-state index in [0.29, 0.717) is 5.56 Å². The van der Waals surface area contributed by atoms with Gasteiger partial charge in [-0.1, -0.05) is 6.07 Å². The monoisotopic (exact) mass is 400 g/mol. The number of ether oxygens (including phenoxy) is 2. The number of pyridine rings is 1. The van der Waals surface area contributed by atoms with Gasteiger partial charge >= 0.3 is 12.1 Å². The zero-order chi connectivity index (χ0) is 20.9. The highest BCUT2D eigenvalue weighted by molar-refractivity contribution is 5.97. The molecule has 0 aliphatic carbocycles. The Morgan fingerprint density at radius 1 is 1.21 bits per heavy atom. The van der Waals surface area contributed by atoms with Gasteiger partial charge in [0.05, 0.1) is 5.56 Å². The number of halogens is 4. The van der Waals surface area contributed by atoms with Crippen LogP contribution >= 0.6 is 0 Å². The zero-order valence-corrected chi connectivity index (χ0v) is 14.8. The molecule has 1 atom stereocenters. The van der Waals surface area contributed by atoms with Gasteiger partial charge in [0.15, 0.2) is 12.7 Å². The van der Waals surface area contributed by atoms with Crippen molar-refractivity contribution in [3.8, 4) is 5.88 Å². The number of nitrogens with one attached hydrogen (secondary N) is 1. The van der Waals surface area contributed by atoms with E-state index in [1.807, 2.05) is 0 Å². The van der Waals surface area contributed by atoms with E-state index in [9.17, 15) is 27.2 Å². The average molecular weight is 400 g/mol. The first-order chi connectivity index (χ1) is 13.0. The van der Waals surface area contributed by atoms with Gasteiger partial charge in [0.1, 0.15) is 5.82 Å². The topological polar surface area (TPSA) is 77.5 Å². The fraction of sp³-hybridized carbons (Fsp3) is 0.278. The molecule has 2 rings (SSSR count). The van der Waals surface area contributed by atoms with Crippen LogP contribution in [0.2, 0.25) is 0 Å². The van der Waals surface area contributed by atoms with Gasteiger partial charge < -0.3 is 14.8 Å². The number of anilines is 1. The highest BCUT2D eigenvalue weighted by Gasteiger charge is 2.28. The summed E-state index contributed by atoms with van der Waals surface area (Å²) in [5.41, 5.74) is 0.525. The van der Waals surface area contributed by atoms with Crippen LogP contribution in [-0.2, 0) is 9.53 Å². The normalized spacial score (nSPS) is 12.2. The molecule has 0 aliphatic heterocycles. The number of esters is 1. The molecular formula is C18H16F4N2O4. The molecule has 0 bridgehead atoms. The van der Waals surface area contributed by atoms with Crippen molar-refractivity contribution in [2.75, 3.05) is 11.9 Å². The molecule has 1 N–H and O–H groups in total. The quantitative estimate of drug-likeness (QED) is 0.592. The lowest BCUT2D eigenvalue weighted by atomic mass is 10.2. The van der Waals surface area contributed by atoms with Crippen molar-refractivity contribution in [2.45, 2.75) is 26.1 Å². The highest BCUT2D eigenvalue weighted by atomic mass is 19.4. The molecule has 0 saturated heterocycles. The summed E-state index contributed by atoms with van der Waals surface area (Å²) in [6.07, 6.45) is -4.76. The van der Waals surface area contributed by atoms with Crippen LogP contribution in [0.25, 0.3) is 0 Å².